The van der Waals surface area contributed by atoms with E-state index < -0.39 is 0 Å². The Labute approximate surface area is 142 Å². The van der Waals surface area contributed by atoms with Gasteiger partial charge in [-0.05, 0) is 43.7 Å². The van der Waals surface area contributed by atoms with Crippen molar-refractivity contribution in [3.63, 3.8) is 0 Å². The Morgan fingerprint density at radius 3 is 2.38 bits per heavy atom. The van der Waals surface area contributed by atoms with Crippen molar-refractivity contribution in [2.75, 3.05) is 12.4 Å². The molecule has 0 saturated heterocycles. The van der Waals surface area contributed by atoms with E-state index in [2.05, 4.69) is 10.6 Å². The molecule has 2 rings (SSSR count). The van der Waals surface area contributed by atoms with E-state index in [0.29, 0.717) is 22.6 Å². The van der Waals surface area contributed by atoms with Crippen LogP contribution in [0.5, 0.6) is 5.75 Å². The van der Waals surface area contributed by atoms with Crippen LogP contribution >= 0.6 is 0 Å². The summed E-state index contributed by atoms with van der Waals surface area (Å²) in [6, 6.07) is 13.9. The number of carbonyl (C=O) groups is 2. The van der Waals surface area contributed by atoms with E-state index in [1.165, 1.54) is 0 Å². The van der Waals surface area contributed by atoms with Crippen molar-refractivity contribution >= 4 is 17.5 Å². The van der Waals surface area contributed by atoms with Crippen LogP contribution in [-0.2, 0) is 0 Å². The van der Waals surface area contributed by atoms with E-state index in [-0.39, 0.29) is 17.9 Å². The van der Waals surface area contributed by atoms with Gasteiger partial charge in [-0.3, -0.25) is 9.59 Å². The van der Waals surface area contributed by atoms with Gasteiger partial charge in [-0.15, -0.1) is 0 Å². The van der Waals surface area contributed by atoms with Crippen LogP contribution in [0.1, 0.15) is 41.0 Å². The Hall–Kier alpha value is -2.82. The predicted octanol–water partition coefficient (Wildman–Crippen LogP) is 3.48. The summed E-state index contributed by atoms with van der Waals surface area (Å²) in [4.78, 5) is 24.6. The highest BCUT2D eigenvalue weighted by Crippen LogP contribution is 2.17. The summed E-state index contributed by atoms with van der Waals surface area (Å²) in [6.45, 7) is 3.94. The lowest BCUT2D eigenvalue weighted by Gasteiger charge is -2.12. The quantitative estimate of drug-likeness (QED) is 0.854. The van der Waals surface area contributed by atoms with E-state index in [4.69, 9.17) is 4.74 Å². The fourth-order valence-corrected chi connectivity index (χ4v) is 2.11. The van der Waals surface area contributed by atoms with E-state index in [1.54, 1.807) is 55.6 Å². The van der Waals surface area contributed by atoms with Crippen LogP contribution in [0.4, 0.5) is 5.69 Å². The van der Waals surface area contributed by atoms with Gasteiger partial charge in [0.25, 0.3) is 11.8 Å². The Kier molecular flexibility index (Phi) is 5.95. The molecule has 1 atom stereocenters. The van der Waals surface area contributed by atoms with Gasteiger partial charge in [-0.2, -0.15) is 0 Å². The average Bonchev–Trinajstić information content (AvgIpc) is 2.61. The lowest BCUT2D eigenvalue weighted by Crippen LogP contribution is -2.32. The standard InChI is InChI=1S/C19H22N2O3/c1-4-13(2)20-18(22)14-7-5-8-15(11-14)19(23)21-16-9-6-10-17(12-16)24-3/h5-13H,4H2,1-3H3,(H,20,22)(H,21,23). The molecule has 2 aromatic rings. The number of methoxy groups -OCH3 is 1. The molecule has 0 aromatic heterocycles. The number of anilines is 1. The Balaban J connectivity index is 2.12. The van der Waals surface area contributed by atoms with Crippen LogP contribution < -0.4 is 15.4 Å². The third-order valence-corrected chi connectivity index (χ3v) is 3.70. The third kappa shape index (κ3) is 4.59. The summed E-state index contributed by atoms with van der Waals surface area (Å²) < 4.78 is 5.14. The maximum atomic E-state index is 12.4. The second kappa shape index (κ2) is 8.15. The van der Waals surface area contributed by atoms with Gasteiger partial charge in [-0.1, -0.05) is 19.1 Å². The molecule has 0 saturated carbocycles. The number of hydrogen-bond acceptors (Lipinski definition) is 3. The van der Waals surface area contributed by atoms with Crippen molar-refractivity contribution in [1.82, 2.24) is 5.32 Å². The zero-order chi connectivity index (χ0) is 17.5. The van der Waals surface area contributed by atoms with E-state index in [0.717, 1.165) is 6.42 Å². The van der Waals surface area contributed by atoms with E-state index in [9.17, 15) is 9.59 Å². The molecule has 0 spiro atoms. The van der Waals surface area contributed by atoms with Gasteiger partial charge in [0.1, 0.15) is 5.75 Å². The number of carbonyl (C=O) groups excluding carboxylic acids is 2. The Bertz CT molecular complexity index is 728. The second-order valence-electron chi connectivity index (χ2n) is 5.55. The topological polar surface area (TPSA) is 67.4 Å². The zero-order valence-electron chi connectivity index (χ0n) is 14.1. The number of rotatable bonds is 6. The largest absolute Gasteiger partial charge is 0.497 e. The van der Waals surface area contributed by atoms with Gasteiger partial charge in [0.2, 0.25) is 0 Å². The van der Waals surface area contributed by atoms with Gasteiger partial charge >= 0.3 is 0 Å². The molecule has 2 N–H and O–H groups in total. The normalized spacial score (nSPS) is 11.5. The zero-order valence-corrected chi connectivity index (χ0v) is 14.1. The highest BCUT2D eigenvalue weighted by Gasteiger charge is 2.12. The predicted molar refractivity (Wildman–Crippen MR) is 94.6 cm³/mol. The molecule has 0 fully saturated rings. The minimum absolute atomic E-state index is 0.0896. The van der Waals surface area contributed by atoms with Crippen molar-refractivity contribution in [3.8, 4) is 5.75 Å². The minimum Gasteiger partial charge on any atom is -0.497 e. The monoisotopic (exact) mass is 326 g/mol. The van der Waals surface area contributed by atoms with E-state index in [1.807, 2.05) is 13.8 Å². The average molecular weight is 326 g/mol. The fraction of sp³-hybridized carbons (Fsp3) is 0.263. The first-order valence-electron chi connectivity index (χ1n) is 7.89. The highest BCUT2D eigenvalue weighted by atomic mass is 16.5. The Morgan fingerprint density at radius 1 is 1.04 bits per heavy atom. The lowest BCUT2D eigenvalue weighted by molar-refractivity contribution is 0.0939. The second-order valence-corrected chi connectivity index (χ2v) is 5.55. The Morgan fingerprint density at radius 2 is 1.71 bits per heavy atom. The van der Waals surface area contributed by atoms with Crippen LogP contribution in [0.3, 0.4) is 0 Å². The summed E-state index contributed by atoms with van der Waals surface area (Å²) in [7, 11) is 1.57. The van der Waals surface area contributed by atoms with Crippen molar-refractivity contribution in [2.45, 2.75) is 26.3 Å². The molecule has 2 aromatic carbocycles. The third-order valence-electron chi connectivity index (χ3n) is 3.70. The SMILES string of the molecule is CCC(C)NC(=O)c1cccc(C(=O)Nc2cccc(OC)c2)c1. The number of nitrogens with one attached hydrogen (secondary N) is 2. The highest BCUT2D eigenvalue weighted by molar-refractivity contribution is 6.06. The molecule has 1 unspecified atom stereocenters. The molecule has 0 bridgehead atoms. The van der Waals surface area contributed by atoms with Crippen LogP contribution in [0.15, 0.2) is 48.5 Å². The van der Waals surface area contributed by atoms with E-state index >= 15 is 0 Å². The molecule has 0 aliphatic heterocycles. The molecular formula is C19H22N2O3. The van der Waals surface area contributed by atoms with Crippen LogP contribution in [0.2, 0.25) is 0 Å². The number of amides is 2. The van der Waals surface area contributed by atoms with Gasteiger partial charge < -0.3 is 15.4 Å². The van der Waals surface area contributed by atoms with Gasteiger partial charge in [0, 0.05) is 28.9 Å². The molecule has 2 amide bonds. The molecule has 5 heteroatoms. The summed E-state index contributed by atoms with van der Waals surface area (Å²) in [5, 5.41) is 5.69. The van der Waals surface area contributed by atoms with Crippen LogP contribution in [0.25, 0.3) is 0 Å². The summed E-state index contributed by atoms with van der Waals surface area (Å²) in [5.74, 6) is 0.205. The lowest BCUT2D eigenvalue weighted by atomic mass is 10.1. The maximum absolute atomic E-state index is 12.4. The number of benzene rings is 2. The molecule has 126 valence electrons. The molecule has 0 heterocycles. The molecule has 0 radical (unpaired) electrons. The van der Waals surface area contributed by atoms with Gasteiger partial charge in [-0.25, -0.2) is 0 Å². The summed E-state index contributed by atoms with van der Waals surface area (Å²) >= 11 is 0. The summed E-state index contributed by atoms with van der Waals surface area (Å²) in [6.07, 6.45) is 0.849. The van der Waals surface area contributed by atoms with Crippen LogP contribution in [-0.4, -0.2) is 25.0 Å². The van der Waals surface area contributed by atoms with Crippen LogP contribution in [0, 0.1) is 0 Å². The van der Waals surface area contributed by atoms with Crippen molar-refractivity contribution in [1.29, 1.82) is 0 Å². The molecular weight excluding hydrogens is 304 g/mol. The first-order chi connectivity index (χ1) is 11.5. The molecule has 24 heavy (non-hydrogen) atoms. The minimum atomic E-state index is -0.276. The summed E-state index contributed by atoms with van der Waals surface area (Å²) in [5.41, 5.74) is 1.53. The van der Waals surface area contributed by atoms with Crippen molar-refractivity contribution in [2.24, 2.45) is 0 Å². The fourth-order valence-electron chi connectivity index (χ4n) is 2.11. The molecule has 0 aliphatic carbocycles. The van der Waals surface area contributed by atoms with Gasteiger partial charge in [0.15, 0.2) is 0 Å². The molecule has 5 nitrogen and oxygen atoms in total. The molecule has 0 aliphatic rings. The van der Waals surface area contributed by atoms with Gasteiger partial charge in [0.05, 0.1) is 7.11 Å². The van der Waals surface area contributed by atoms with Crippen molar-refractivity contribution in [3.05, 3.63) is 59.7 Å². The first kappa shape index (κ1) is 17.5. The number of ether oxygens (including phenoxy) is 1. The first-order valence-corrected chi connectivity index (χ1v) is 7.89. The van der Waals surface area contributed by atoms with Crippen molar-refractivity contribution < 1.29 is 14.3 Å². The number of hydrogen-bond donors (Lipinski definition) is 2. The maximum Gasteiger partial charge on any atom is 0.255 e. The smallest absolute Gasteiger partial charge is 0.255 e.